The van der Waals surface area contributed by atoms with Gasteiger partial charge in [-0.1, -0.05) is 25.0 Å². The molecular weight excluding hydrogens is 408 g/mol. The molecule has 0 unspecified atom stereocenters. The van der Waals surface area contributed by atoms with Crippen LogP contribution in [-0.4, -0.2) is 49.2 Å². The molecule has 8 heteroatoms. The summed E-state index contributed by atoms with van der Waals surface area (Å²) in [5.74, 6) is 0.148. The minimum Gasteiger partial charge on any atom is -0.506 e. The maximum atomic E-state index is 10.5. The van der Waals surface area contributed by atoms with Gasteiger partial charge in [-0.15, -0.1) is 0 Å². The van der Waals surface area contributed by atoms with Crippen molar-refractivity contribution in [3.8, 4) is 11.5 Å². The van der Waals surface area contributed by atoms with Gasteiger partial charge in [0.1, 0.15) is 11.5 Å². The zero-order chi connectivity index (χ0) is 23.0. The zero-order valence-corrected chi connectivity index (χ0v) is 18.4. The third-order valence-corrected chi connectivity index (χ3v) is 5.19. The largest absolute Gasteiger partial charge is 0.506 e. The van der Waals surface area contributed by atoms with Crippen LogP contribution in [0.3, 0.4) is 0 Å². The van der Waals surface area contributed by atoms with Crippen molar-refractivity contribution in [1.82, 2.24) is 10.6 Å². The molecule has 0 saturated carbocycles. The molecule has 6 N–H and O–H groups in total. The van der Waals surface area contributed by atoms with Crippen LogP contribution in [-0.2, 0) is 22.4 Å². The predicted molar refractivity (Wildman–Crippen MR) is 127 cm³/mol. The first-order chi connectivity index (χ1) is 15.6. The summed E-state index contributed by atoms with van der Waals surface area (Å²) in [5, 5.41) is 31.2. The molecule has 0 aromatic heterocycles. The summed E-state index contributed by atoms with van der Waals surface area (Å²) in [7, 11) is 0. The van der Waals surface area contributed by atoms with Crippen LogP contribution in [0.4, 0.5) is 11.4 Å². The first kappa shape index (κ1) is 25.2. The van der Waals surface area contributed by atoms with Crippen molar-refractivity contribution in [1.29, 1.82) is 0 Å². The van der Waals surface area contributed by atoms with Gasteiger partial charge >= 0.3 is 0 Å². The van der Waals surface area contributed by atoms with Gasteiger partial charge in [-0.2, -0.15) is 0 Å². The van der Waals surface area contributed by atoms with E-state index in [0.29, 0.717) is 24.2 Å². The molecule has 2 aromatic rings. The average molecular weight is 443 g/mol. The van der Waals surface area contributed by atoms with Crippen LogP contribution in [0, 0.1) is 0 Å². The molecule has 8 nitrogen and oxygen atoms in total. The second-order valence-electron chi connectivity index (χ2n) is 7.64. The van der Waals surface area contributed by atoms with Crippen molar-refractivity contribution < 1.29 is 19.8 Å². The van der Waals surface area contributed by atoms with E-state index in [4.69, 9.17) is 0 Å². The van der Waals surface area contributed by atoms with Crippen molar-refractivity contribution in [3.05, 3.63) is 47.5 Å². The molecule has 0 aliphatic heterocycles. The summed E-state index contributed by atoms with van der Waals surface area (Å²) < 4.78 is 0. The van der Waals surface area contributed by atoms with Gasteiger partial charge in [0.15, 0.2) is 0 Å². The van der Waals surface area contributed by atoms with Crippen LogP contribution in [0.15, 0.2) is 36.4 Å². The number of hydrogen-bond donors (Lipinski definition) is 6. The monoisotopic (exact) mass is 442 g/mol. The Labute approximate surface area is 189 Å². The molecule has 0 atom stereocenters. The van der Waals surface area contributed by atoms with E-state index in [0.717, 1.165) is 63.0 Å². The zero-order valence-electron chi connectivity index (χ0n) is 18.4. The van der Waals surface area contributed by atoms with Gasteiger partial charge in [-0.3, -0.25) is 9.59 Å². The maximum absolute atomic E-state index is 10.5. The number of anilines is 2. The molecule has 32 heavy (non-hydrogen) atoms. The van der Waals surface area contributed by atoms with Crippen molar-refractivity contribution in [2.45, 2.75) is 38.5 Å². The normalized spacial score (nSPS) is 10.6. The van der Waals surface area contributed by atoms with Gasteiger partial charge in [0.2, 0.25) is 12.8 Å². The van der Waals surface area contributed by atoms with Crippen LogP contribution in [0.1, 0.15) is 36.8 Å². The highest BCUT2D eigenvalue weighted by Crippen LogP contribution is 2.24. The highest BCUT2D eigenvalue weighted by molar-refractivity contribution is 5.76. The number of aromatic hydroxyl groups is 2. The number of nitrogens with one attached hydrogen (secondary N) is 4. The van der Waals surface area contributed by atoms with E-state index in [1.807, 2.05) is 12.1 Å². The Hall–Kier alpha value is -3.10. The lowest BCUT2D eigenvalue weighted by Gasteiger charge is -2.09. The van der Waals surface area contributed by atoms with Crippen LogP contribution in [0.25, 0.3) is 0 Å². The lowest BCUT2D eigenvalue weighted by atomic mass is 10.1. The Kier molecular flexibility index (Phi) is 11.7. The average Bonchev–Trinajstić information content (AvgIpc) is 2.79. The van der Waals surface area contributed by atoms with E-state index in [2.05, 4.69) is 21.3 Å². The number of carbonyl (C=O) groups excluding carboxylic acids is 2. The number of phenolic OH excluding ortho intramolecular Hbond substituents is 2. The molecule has 0 saturated heterocycles. The summed E-state index contributed by atoms with van der Waals surface area (Å²) in [6, 6.07) is 10.5. The van der Waals surface area contributed by atoms with E-state index in [1.54, 1.807) is 24.3 Å². The lowest BCUT2D eigenvalue weighted by Crippen LogP contribution is -2.19. The molecule has 0 heterocycles. The fraction of sp³-hybridized carbons (Fsp3) is 0.417. The van der Waals surface area contributed by atoms with Crippen molar-refractivity contribution >= 4 is 24.2 Å². The van der Waals surface area contributed by atoms with E-state index in [9.17, 15) is 19.8 Å². The smallest absolute Gasteiger partial charge is 0.211 e. The highest BCUT2D eigenvalue weighted by atomic mass is 16.3. The molecule has 0 spiro atoms. The number of hydrogen-bond acceptors (Lipinski definition) is 6. The van der Waals surface area contributed by atoms with Gasteiger partial charge in [0.05, 0.1) is 11.4 Å². The molecular formula is C24H34N4O4. The molecule has 174 valence electrons. The Bertz CT molecular complexity index is 775. The summed E-state index contributed by atoms with van der Waals surface area (Å²) in [6.45, 7) is 3.66. The standard InChI is InChI=1S/C24H34N4O4/c29-17-27-21-15-19(5-7-23(21)31)9-13-25-11-3-1-2-4-12-26-14-10-20-6-8-24(32)22(16-20)28-18-30/h5-8,15-18,25-26,31-32H,1-4,9-14H2,(H,27,29)(H,28,30). The number of benzene rings is 2. The first-order valence-electron chi connectivity index (χ1n) is 11.1. The van der Waals surface area contributed by atoms with Gasteiger partial charge in [0, 0.05) is 0 Å². The van der Waals surface area contributed by atoms with Gasteiger partial charge in [-0.05, 0) is 87.3 Å². The van der Waals surface area contributed by atoms with Gasteiger partial charge < -0.3 is 31.5 Å². The van der Waals surface area contributed by atoms with E-state index in [-0.39, 0.29) is 11.5 Å². The van der Waals surface area contributed by atoms with E-state index >= 15 is 0 Å². The molecule has 2 amide bonds. The third kappa shape index (κ3) is 9.36. The molecule has 0 radical (unpaired) electrons. The predicted octanol–water partition coefficient (Wildman–Crippen LogP) is 2.76. The van der Waals surface area contributed by atoms with Crippen LogP contribution >= 0.6 is 0 Å². The Balaban J connectivity index is 1.45. The molecule has 0 fully saturated rings. The van der Waals surface area contributed by atoms with Crippen molar-refractivity contribution in [3.63, 3.8) is 0 Å². The Morgan fingerprint density at radius 1 is 0.625 bits per heavy atom. The van der Waals surface area contributed by atoms with Crippen LogP contribution < -0.4 is 21.3 Å². The Morgan fingerprint density at radius 3 is 1.47 bits per heavy atom. The summed E-state index contributed by atoms with van der Waals surface area (Å²) in [5.41, 5.74) is 3.01. The summed E-state index contributed by atoms with van der Waals surface area (Å²) >= 11 is 0. The number of amides is 2. The molecule has 0 bridgehead atoms. The van der Waals surface area contributed by atoms with Crippen LogP contribution in [0.5, 0.6) is 11.5 Å². The quantitative estimate of drug-likeness (QED) is 0.127. The number of rotatable bonds is 17. The molecule has 0 aliphatic carbocycles. The summed E-state index contributed by atoms with van der Waals surface area (Å²) in [6.07, 6.45) is 7.43. The number of phenols is 2. The summed E-state index contributed by atoms with van der Waals surface area (Å²) in [4.78, 5) is 21.1. The minimum absolute atomic E-state index is 0.0738. The number of unbranched alkanes of at least 4 members (excludes halogenated alkanes) is 3. The topological polar surface area (TPSA) is 123 Å². The second-order valence-corrected chi connectivity index (χ2v) is 7.64. The molecule has 2 aromatic carbocycles. The van der Waals surface area contributed by atoms with E-state index in [1.165, 1.54) is 12.8 Å². The van der Waals surface area contributed by atoms with E-state index < -0.39 is 0 Å². The Morgan fingerprint density at radius 2 is 1.06 bits per heavy atom. The maximum Gasteiger partial charge on any atom is 0.211 e. The van der Waals surface area contributed by atoms with Crippen LogP contribution in [0.2, 0.25) is 0 Å². The second kappa shape index (κ2) is 14.8. The lowest BCUT2D eigenvalue weighted by molar-refractivity contribution is -0.106. The minimum atomic E-state index is 0.0738. The molecule has 2 rings (SSSR count). The fourth-order valence-electron chi connectivity index (χ4n) is 3.40. The third-order valence-electron chi connectivity index (χ3n) is 5.19. The first-order valence-corrected chi connectivity index (χ1v) is 11.1. The number of carbonyl (C=O) groups is 2. The van der Waals surface area contributed by atoms with Gasteiger partial charge in [0.25, 0.3) is 0 Å². The molecule has 0 aliphatic rings. The van der Waals surface area contributed by atoms with Gasteiger partial charge in [-0.25, -0.2) is 0 Å². The van der Waals surface area contributed by atoms with Crippen molar-refractivity contribution in [2.24, 2.45) is 0 Å². The van der Waals surface area contributed by atoms with Crippen molar-refractivity contribution in [2.75, 3.05) is 36.8 Å². The SMILES string of the molecule is O=CNc1cc(CCNCCCCCCNCCc2ccc(O)c(NC=O)c2)ccc1O. The highest BCUT2D eigenvalue weighted by Gasteiger charge is 2.03. The fourth-order valence-corrected chi connectivity index (χ4v) is 3.40.